The first kappa shape index (κ1) is 10.2. The summed E-state index contributed by atoms with van der Waals surface area (Å²) < 4.78 is 0. The van der Waals surface area contributed by atoms with Gasteiger partial charge in [0, 0.05) is 9.75 Å². The van der Waals surface area contributed by atoms with Crippen LogP contribution in [0.2, 0.25) is 0 Å². The van der Waals surface area contributed by atoms with Crippen molar-refractivity contribution in [3.05, 3.63) is 20.9 Å². The summed E-state index contributed by atoms with van der Waals surface area (Å²) in [6.45, 7) is 9.28. The summed E-state index contributed by atoms with van der Waals surface area (Å²) in [7, 11) is 0. The molecular weight excluding hydrogens is 188 g/mol. The lowest BCUT2D eigenvalue weighted by atomic mass is 9.88. The lowest BCUT2D eigenvalue weighted by Gasteiger charge is -2.16. The molecule has 2 rings (SSSR count). The smallest absolute Gasteiger partial charge is 0.00547 e. The number of hydrogen-bond acceptors (Lipinski definition) is 1. The van der Waals surface area contributed by atoms with Crippen molar-refractivity contribution in [1.82, 2.24) is 0 Å². The van der Waals surface area contributed by atoms with Crippen molar-refractivity contribution in [2.75, 3.05) is 0 Å². The normalized spacial score (nSPS) is 27.1. The van der Waals surface area contributed by atoms with Crippen molar-refractivity contribution in [3.63, 3.8) is 0 Å². The highest BCUT2D eigenvalue weighted by molar-refractivity contribution is 7.12. The minimum atomic E-state index is 0.861. The highest BCUT2D eigenvalue weighted by Gasteiger charge is 2.28. The molecule has 0 radical (unpaired) electrons. The van der Waals surface area contributed by atoms with Crippen LogP contribution in [0, 0.1) is 26.7 Å². The summed E-state index contributed by atoms with van der Waals surface area (Å²) in [4.78, 5) is 3.09. The zero-order valence-corrected chi connectivity index (χ0v) is 10.5. The van der Waals surface area contributed by atoms with Crippen molar-refractivity contribution >= 4 is 11.3 Å². The Morgan fingerprint density at radius 3 is 2.21 bits per heavy atom. The molecule has 0 amide bonds. The molecule has 1 aliphatic carbocycles. The van der Waals surface area contributed by atoms with Crippen molar-refractivity contribution < 1.29 is 0 Å². The zero-order valence-electron chi connectivity index (χ0n) is 9.68. The first-order valence-corrected chi connectivity index (χ1v) is 6.49. The van der Waals surface area contributed by atoms with Crippen LogP contribution in [-0.2, 0) is 0 Å². The molecule has 1 aromatic rings. The lowest BCUT2D eigenvalue weighted by molar-refractivity contribution is 0.530. The van der Waals surface area contributed by atoms with Gasteiger partial charge in [0.1, 0.15) is 0 Å². The van der Waals surface area contributed by atoms with E-state index in [2.05, 4.69) is 27.7 Å². The van der Waals surface area contributed by atoms with Gasteiger partial charge in [-0.25, -0.2) is 0 Å². The minimum Gasteiger partial charge on any atom is -0.145 e. The molecule has 0 aromatic carbocycles. The number of hydrogen-bond donors (Lipinski definition) is 0. The Hall–Kier alpha value is -0.300. The second kappa shape index (κ2) is 3.69. The highest BCUT2D eigenvalue weighted by atomic mass is 32.1. The Balaban J connectivity index is 2.39. The van der Waals surface area contributed by atoms with E-state index in [-0.39, 0.29) is 0 Å². The molecule has 1 saturated carbocycles. The third-order valence-corrected chi connectivity index (χ3v) is 4.99. The molecule has 0 unspecified atom stereocenters. The Kier molecular flexibility index (Phi) is 2.70. The molecule has 1 aromatic heterocycles. The van der Waals surface area contributed by atoms with Crippen molar-refractivity contribution in [1.29, 1.82) is 0 Å². The van der Waals surface area contributed by atoms with Gasteiger partial charge >= 0.3 is 0 Å². The zero-order chi connectivity index (χ0) is 10.3. The fourth-order valence-electron chi connectivity index (χ4n) is 2.93. The average molecular weight is 208 g/mol. The maximum absolute atomic E-state index is 2.42. The monoisotopic (exact) mass is 208 g/mol. The van der Waals surface area contributed by atoms with Crippen LogP contribution < -0.4 is 0 Å². The third kappa shape index (κ3) is 1.52. The van der Waals surface area contributed by atoms with Crippen molar-refractivity contribution in [3.8, 4) is 0 Å². The van der Waals surface area contributed by atoms with Crippen LogP contribution in [0.5, 0.6) is 0 Å². The maximum Gasteiger partial charge on any atom is 0.00547 e. The van der Waals surface area contributed by atoms with Crippen LogP contribution >= 0.6 is 11.3 Å². The van der Waals surface area contributed by atoms with E-state index in [4.69, 9.17) is 0 Å². The molecule has 1 heterocycles. The van der Waals surface area contributed by atoms with E-state index < -0.39 is 0 Å². The van der Waals surface area contributed by atoms with Gasteiger partial charge in [-0.15, -0.1) is 11.3 Å². The van der Waals surface area contributed by atoms with Gasteiger partial charge in [0.2, 0.25) is 0 Å². The molecule has 0 bridgehead atoms. The van der Waals surface area contributed by atoms with E-state index in [1.807, 2.05) is 11.3 Å². The lowest BCUT2D eigenvalue weighted by Crippen LogP contribution is -2.03. The number of thiophene rings is 1. The molecule has 1 heteroatoms. The first-order chi connectivity index (χ1) is 6.61. The average Bonchev–Trinajstić information content (AvgIpc) is 2.60. The summed E-state index contributed by atoms with van der Waals surface area (Å²) in [5.41, 5.74) is 3.27. The van der Waals surface area contributed by atoms with Crippen molar-refractivity contribution in [2.24, 2.45) is 5.92 Å². The molecule has 2 atom stereocenters. The Morgan fingerprint density at radius 2 is 1.79 bits per heavy atom. The fourth-order valence-corrected chi connectivity index (χ4v) is 4.07. The second-order valence-corrected chi connectivity index (χ2v) is 6.20. The van der Waals surface area contributed by atoms with Gasteiger partial charge in [-0.05, 0) is 50.2 Å². The number of rotatable bonds is 1. The molecule has 1 aliphatic rings. The Bertz CT molecular complexity index is 335. The van der Waals surface area contributed by atoms with Crippen LogP contribution in [0.15, 0.2) is 0 Å². The predicted octanol–water partition coefficient (Wildman–Crippen LogP) is 4.58. The van der Waals surface area contributed by atoms with Crippen LogP contribution in [0.1, 0.15) is 53.0 Å². The van der Waals surface area contributed by atoms with Gasteiger partial charge in [-0.3, -0.25) is 0 Å². The first-order valence-electron chi connectivity index (χ1n) is 5.67. The SMILES string of the molecule is Cc1sc(C)c([C@H]2CCC[C@@H]2C)c1C. The summed E-state index contributed by atoms with van der Waals surface area (Å²) >= 11 is 1.98. The Morgan fingerprint density at radius 1 is 1.07 bits per heavy atom. The van der Waals surface area contributed by atoms with E-state index in [0.717, 1.165) is 11.8 Å². The van der Waals surface area contributed by atoms with Gasteiger partial charge < -0.3 is 0 Å². The summed E-state index contributed by atoms with van der Waals surface area (Å²) in [5, 5.41) is 0. The Labute approximate surface area is 91.4 Å². The standard InChI is InChI=1S/C13H20S/c1-8-6-5-7-12(8)13-9(2)10(3)14-11(13)4/h8,12H,5-7H2,1-4H3/t8-,12-/m0/s1. The quantitative estimate of drug-likeness (QED) is 0.634. The van der Waals surface area contributed by atoms with Gasteiger partial charge in [-0.2, -0.15) is 0 Å². The molecule has 0 spiro atoms. The van der Waals surface area contributed by atoms with Gasteiger partial charge in [0.15, 0.2) is 0 Å². The van der Waals surface area contributed by atoms with Crippen LogP contribution in [-0.4, -0.2) is 0 Å². The van der Waals surface area contributed by atoms with E-state index in [1.54, 1.807) is 16.0 Å². The van der Waals surface area contributed by atoms with Gasteiger partial charge in [0.05, 0.1) is 0 Å². The predicted molar refractivity (Wildman–Crippen MR) is 64.3 cm³/mol. The van der Waals surface area contributed by atoms with Crippen molar-refractivity contribution in [2.45, 2.75) is 52.9 Å². The molecule has 0 saturated heterocycles. The van der Waals surface area contributed by atoms with Crippen LogP contribution in [0.4, 0.5) is 0 Å². The third-order valence-electron chi connectivity index (χ3n) is 3.85. The maximum atomic E-state index is 2.42. The molecule has 1 fully saturated rings. The van der Waals surface area contributed by atoms with Crippen LogP contribution in [0.25, 0.3) is 0 Å². The largest absolute Gasteiger partial charge is 0.145 e. The van der Waals surface area contributed by atoms with Gasteiger partial charge in [-0.1, -0.05) is 19.8 Å². The minimum absolute atomic E-state index is 0.861. The van der Waals surface area contributed by atoms with E-state index in [1.165, 1.54) is 24.1 Å². The van der Waals surface area contributed by atoms with Crippen LogP contribution in [0.3, 0.4) is 0 Å². The fraction of sp³-hybridized carbons (Fsp3) is 0.692. The summed E-state index contributed by atoms with van der Waals surface area (Å²) in [6, 6.07) is 0. The molecule has 14 heavy (non-hydrogen) atoms. The summed E-state index contributed by atoms with van der Waals surface area (Å²) in [5.74, 6) is 1.77. The summed E-state index contributed by atoms with van der Waals surface area (Å²) in [6.07, 6.45) is 4.27. The molecule has 0 aliphatic heterocycles. The molecule has 78 valence electrons. The number of aryl methyl sites for hydroxylation is 2. The topological polar surface area (TPSA) is 0 Å². The van der Waals surface area contributed by atoms with Gasteiger partial charge in [0.25, 0.3) is 0 Å². The molecule has 0 N–H and O–H groups in total. The second-order valence-electron chi connectivity index (χ2n) is 4.77. The van der Waals surface area contributed by atoms with E-state index >= 15 is 0 Å². The van der Waals surface area contributed by atoms with E-state index in [9.17, 15) is 0 Å². The highest BCUT2D eigenvalue weighted by Crippen LogP contribution is 2.44. The molecule has 0 nitrogen and oxygen atoms in total. The van der Waals surface area contributed by atoms with E-state index in [0.29, 0.717) is 0 Å². The molecular formula is C13H20S.